The molecule has 0 saturated carbocycles. The van der Waals surface area contributed by atoms with Crippen molar-refractivity contribution < 1.29 is 9.53 Å². The SMILES string of the molecule is CC(C)Oc1ccc(-c2ncc(-c3cccc4c3CC[C@@H]4NC(=O)N3CC[C@@H](C)C3)s2)cc1C#N. The van der Waals surface area contributed by atoms with Crippen molar-refractivity contribution in [2.45, 2.75) is 52.2 Å². The minimum Gasteiger partial charge on any atom is -0.490 e. The predicted octanol–water partition coefficient (Wildman–Crippen LogP) is 6.17. The zero-order chi connectivity index (χ0) is 24.5. The number of likely N-dealkylation sites (tertiary alicyclic amines) is 1. The summed E-state index contributed by atoms with van der Waals surface area (Å²) >= 11 is 1.62. The lowest BCUT2D eigenvalue weighted by Crippen LogP contribution is -2.39. The van der Waals surface area contributed by atoms with Crippen LogP contribution in [-0.2, 0) is 6.42 Å². The van der Waals surface area contributed by atoms with Crippen LogP contribution in [0.25, 0.3) is 21.0 Å². The van der Waals surface area contributed by atoms with Gasteiger partial charge in [0.15, 0.2) is 0 Å². The summed E-state index contributed by atoms with van der Waals surface area (Å²) in [5.74, 6) is 1.17. The summed E-state index contributed by atoms with van der Waals surface area (Å²) in [5.41, 5.74) is 5.10. The van der Waals surface area contributed by atoms with E-state index in [0.29, 0.717) is 17.2 Å². The first kappa shape index (κ1) is 23.4. The third-order valence-electron chi connectivity index (χ3n) is 6.76. The predicted molar refractivity (Wildman–Crippen MR) is 138 cm³/mol. The molecule has 1 aromatic heterocycles. The van der Waals surface area contributed by atoms with E-state index < -0.39 is 0 Å². The van der Waals surface area contributed by atoms with Crippen molar-refractivity contribution in [3.8, 4) is 32.8 Å². The molecule has 2 aliphatic rings. The van der Waals surface area contributed by atoms with Crippen LogP contribution in [0.2, 0.25) is 0 Å². The molecule has 0 radical (unpaired) electrons. The zero-order valence-electron chi connectivity index (χ0n) is 20.4. The van der Waals surface area contributed by atoms with E-state index in [-0.39, 0.29) is 18.2 Å². The standard InChI is InChI=1S/C28H30N4O2S/c1-17(2)34-25-10-7-19(13-20(25)14-29)27-30-15-26(35-27)23-6-4-5-22-21(23)8-9-24(22)31-28(33)32-12-11-18(3)16-32/h4-7,10,13,15,17-18,24H,8-9,11-12,16H2,1-3H3,(H,31,33)/t18-,24+/m1/s1. The van der Waals surface area contributed by atoms with Crippen molar-refractivity contribution in [1.29, 1.82) is 5.26 Å². The Bertz CT molecular complexity index is 1290. The second-order valence-electron chi connectivity index (χ2n) is 9.77. The molecule has 2 amide bonds. The largest absolute Gasteiger partial charge is 0.490 e. The molecule has 35 heavy (non-hydrogen) atoms. The Labute approximate surface area is 210 Å². The zero-order valence-corrected chi connectivity index (χ0v) is 21.2. The average molecular weight is 487 g/mol. The van der Waals surface area contributed by atoms with Crippen molar-refractivity contribution in [3.05, 3.63) is 59.3 Å². The van der Waals surface area contributed by atoms with Crippen LogP contribution in [0.3, 0.4) is 0 Å². The number of benzene rings is 2. The Balaban J connectivity index is 1.37. The summed E-state index contributed by atoms with van der Waals surface area (Å²) in [6, 6.07) is 14.3. The number of nitriles is 1. The van der Waals surface area contributed by atoms with E-state index in [2.05, 4.69) is 41.5 Å². The molecule has 2 aromatic carbocycles. The Morgan fingerprint density at radius 3 is 2.89 bits per heavy atom. The van der Waals surface area contributed by atoms with Gasteiger partial charge in [-0.1, -0.05) is 25.1 Å². The molecular formula is C28H30N4O2S. The number of ether oxygens (including phenoxy) is 1. The van der Waals surface area contributed by atoms with Crippen molar-refractivity contribution in [1.82, 2.24) is 15.2 Å². The monoisotopic (exact) mass is 486 g/mol. The number of rotatable bonds is 5. The van der Waals surface area contributed by atoms with Crippen molar-refractivity contribution >= 4 is 17.4 Å². The fourth-order valence-corrected chi connectivity index (χ4v) is 6.00. The lowest BCUT2D eigenvalue weighted by molar-refractivity contribution is 0.203. The number of nitrogens with zero attached hydrogens (tertiary/aromatic N) is 3. The molecule has 1 aliphatic carbocycles. The summed E-state index contributed by atoms with van der Waals surface area (Å²) in [5, 5.41) is 13.7. The van der Waals surface area contributed by atoms with Crippen molar-refractivity contribution in [3.63, 3.8) is 0 Å². The molecular weight excluding hydrogens is 456 g/mol. The van der Waals surface area contributed by atoms with E-state index in [0.717, 1.165) is 47.8 Å². The van der Waals surface area contributed by atoms with Crippen LogP contribution in [0.1, 0.15) is 56.3 Å². The molecule has 0 bridgehead atoms. The van der Waals surface area contributed by atoms with Gasteiger partial charge in [-0.05, 0) is 73.9 Å². The van der Waals surface area contributed by atoms with E-state index in [9.17, 15) is 10.1 Å². The number of nitrogens with one attached hydrogen (secondary N) is 1. The third-order valence-corrected chi connectivity index (χ3v) is 7.84. The van der Waals surface area contributed by atoms with Crippen LogP contribution < -0.4 is 10.1 Å². The normalized spacial score (nSPS) is 19.0. The highest BCUT2D eigenvalue weighted by atomic mass is 32.1. The second-order valence-corrected chi connectivity index (χ2v) is 10.8. The number of carbonyl (C=O) groups excluding carboxylic acids is 1. The maximum absolute atomic E-state index is 12.8. The topological polar surface area (TPSA) is 78.2 Å². The van der Waals surface area contributed by atoms with Gasteiger partial charge in [0.05, 0.1) is 22.6 Å². The molecule has 1 aliphatic heterocycles. The molecule has 2 heterocycles. The minimum absolute atomic E-state index is 0.00659. The summed E-state index contributed by atoms with van der Waals surface area (Å²) < 4.78 is 5.75. The maximum Gasteiger partial charge on any atom is 0.317 e. The van der Waals surface area contributed by atoms with Crippen LogP contribution in [-0.4, -0.2) is 35.1 Å². The van der Waals surface area contributed by atoms with E-state index in [1.54, 1.807) is 11.3 Å². The fourth-order valence-electron chi connectivity index (χ4n) is 5.03. The summed E-state index contributed by atoms with van der Waals surface area (Å²) in [6.45, 7) is 7.77. The number of amides is 2. The highest BCUT2D eigenvalue weighted by Crippen LogP contribution is 2.41. The van der Waals surface area contributed by atoms with Gasteiger partial charge in [-0.15, -0.1) is 11.3 Å². The van der Waals surface area contributed by atoms with Gasteiger partial charge in [0.1, 0.15) is 16.8 Å². The lowest BCUT2D eigenvalue weighted by Gasteiger charge is -2.21. The first-order valence-corrected chi connectivity index (χ1v) is 13.1. The third kappa shape index (κ3) is 4.76. The molecule has 0 unspecified atom stereocenters. The van der Waals surface area contributed by atoms with Crippen LogP contribution >= 0.6 is 11.3 Å². The fraction of sp³-hybridized carbons (Fsp3) is 0.393. The Morgan fingerprint density at radius 1 is 1.29 bits per heavy atom. The highest BCUT2D eigenvalue weighted by Gasteiger charge is 2.30. The summed E-state index contributed by atoms with van der Waals surface area (Å²) in [7, 11) is 0. The van der Waals surface area contributed by atoms with Gasteiger partial charge in [0.25, 0.3) is 0 Å². The van der Waals surface area contributed by atoms with Gasteiger partial charge >= 0.3 is 6.03 Å². The molecule has 1 fully saturated rings. The first-order valence-electron chi connectivity index (χ1n) is 12.3. The van der Waals surface area contributed by atoms with Gasteiger partial charge < -0.3 is 15.0 Å². The molecule has 5 rings (SSSR count). The molecule has 180 valence electrons. The second kappa shape index (κ2) is 9.71. The van der Waals surface area contributed by atoms with Crippen molar-refractivity contribution in [2.75, 3.05) is 13.1 Å². The number of thiazole rings is 1. The lowest BCUT2D eigenvalue weighted by atomic mass is 10.0. The van der Waals surface area contributed by atoms with Gasteiger partial charge in [-0.3, -0.25) is 0 Å². The number of hydrogen-bond acceptors (Lipinski definition) is 5. The molecule has 1 saturated heterocycles. The summed E-state index contributed by atoms with van der Waals surface area (Å²) in [6.07, 6.45) is 4.84. The molecule has 6 nitrogen and oxygen atoms in total. The number of carbonyl (C=O) groups is 1. The minimum atomic E-state index is 0.00659. The first-order chi connectivity index (χ1) is 16.9. The molecule has 0 spiro atoms. The molecule has 2 atom stereocenters. The highest BCUT2D eigenvalue weighted by molar-refractivity contribution is 7.18. The molecule has 7 heteroatoms. The van der Waals surface area contributed by atoms with Crippen molar-refractivity contribution in [2.24, 2.45) is 5.92 Å². The quantitative estimate of drug-likeness (QED) is 0.467. The number of aromatic nitrogens is 1. The van der Waals surface area contributed by atoms with Gasteiger partial charge in [-0.25, -0.2) is 9.78 Å². The Kier molecular flexibility index (Phi) is 6.48. The van der Waals surface area contributed by atoms with Gasteiger partial charge in [0, 0.05) is 24.8 Å². The maximum atomic E-state index is 12.8. The van der Waals surface area contributed by atoms with E-state index in [4.69, 9.17) is 4.74 Å². The molecule has 1 N–H and O–H groups in total. The van der Waals surface area contributed by atoms with E-state index in [1.165, 1.54) is 16.7 Å². The van der Waals surface area contributed by atoms with Crippen LogP contribution in [0, 0.1) is 17.2 Å². The van der Waals surface area contributed by atoms with Crippen LogP contribution in [0.5, 0.6) is 5.75 Å². The van der Waals surface area contributed by atoms with Crippen LogP contribution in [0.4, 0.5) is 4.79 Å². The van der Waals surface area contributed by atoms with E-state index in [1.807, 2.05) is 43.1 Å². The molecule has 3 aromatic rings. The number of hydrogen-bond donors (Lipinski definition) is 1. The number of fused-ring (bicyclic) bond motifs is 1. The number of urea groups is 1. The smallest absolute Gasteiger partial charge is 0.317 e. The Morgan fingerprint density at radius 2 is 2.14 bits per heavy atom. The average Bonchev–Trinajstić information content (AvgIpc) is 3.59. The summed E-state index contributed by atoms with van der Waals surface area (Å²) in [4.78, 5) is 20.5. The van der Waals surface area contributed by atoms with E-state index >= 15 is 0 Å². The van der Waals surface area contributed by atoms with Gasteiger partial charge in [-0.2, -0.15) is 5.26 Å². The Hall–Kier alpha value is -3.37. The van der Waals surface area contributed by atoms with Crippen LogP contribution in [0.15, 0.2) is 42.6 Å². The van der Waals surface area contributed by atoms with Gasteiger partial charge in [0.2, 0.25) is 0 Å².